The summed E-state index contributed by atoms with van der Waals surface area (Å²) < 4.78 is 25.3. The van der Waals surface area contributed by atoms with Crippen molar-refractivity contribution in [1.82, 2.24) is 9.55 Å². The third kappa shape index (κ3) is 3.57. The van der Waals surface area contributed by atoms with Gasteiger partial charge in [0.25, 0.3) is 0 Å². The van der Waals surface area contributed by atoms with Crippen LogP contribution in [0.3, 0.4) is 0 Å². The Morgan fingerprint density at radius 3 is 2.96 bits per heavy atom. The summed E-state index contributed by atoms with van der Waals surface area (Å²) >= 11 is 1.25. The molecule has 0 unspecified atom stereocenters. The number of thioether (sulfide) groups is 1. The number of carbonyl (C=O) groups excluding carboxylic acids is 1. The van der Waals surface area contributed by atoms with Crippen molar-refractivity contribution in [1.29, 1.82) is 0 Å². The van der Waals surface area contributed by atoms with Gasteiger partial charge in [-0.15, -0.1) is 0 Å². The Bertz CT molecular complexity index is 799. The molecule has 1 fully saturated rings. The summed E-state index contributed by atoms with van der Waals surface area (Å²) in [5, 5.41) is -0.458. The topological polar surface area (TPSA) is 96.4 Å². The molecular weight excluding hydrogens is 337 g/mol. The molecule has 1 aromatic heterocycles. The summed E-state index contributed by atoms with van der Waals surface area (Å²) in [6, 6.07) is 8.58. The highest BCUT2D eigenvalue weighted by atomic mass is 32.2. The number of carbonyl (C=O) groups is 1. The van der Waals surface area contributed by atoms with Gasteiger partial charge in [0.05, 0.1) is 12.2 Å². The second kappa shape index (κ2) is 7.02. The number of hydrogen-bond donors (Lipinski definition) is 1. The number of aromatic nitrogens is 2. The van der Waals surface area contributed by atoms with E-state index in [0.29, 0.717) is 5.56 Å². The van der Waals surface area contributed by atoms with E-state index in [2.05, 4.69) is 4.98 Å². The smallest absolute Gasteiger partial charge is 0.350 e. The molecule has 2 aromatic rings. The fraction of sp³-hybridized carbons (Fsp3) is 0.267. The van der Waals surface area contributed by atoms with E-state index >= 15 is 0 Å². The van der Waals surface area contributed by atoms with Gasteiger partial charge in [0, 0.05) is 6.20 Å². The number of nitrogens with zero attached hydrogens (tertiary/aromatic N) is 2. The number of nitrogen functional groups attached to an aromatic ring is 1. The summed E-state index contributed by atoms with van der Waals surface area (Å²) in [6.07, 6.45) is 1.00. The Morgan fingerprint density at radius 1 is 1.46 bits per heavy atom. The van der Waals surface area contributed by atoms with Crippen molar-refractivity contribution in [3.05, 3.63) is 58.4 Å². The van der Waals surface area contributed by atoms with Crippen LogP contribution in [0.15, 0.2) is 41.3 Å². The van der Waals surface area contributed by atoms with Gasteiger partial charge in [0.1, 0.15) is 17.4 Å². The van der Waals surface area contributed by atoms with E-state index in [4.69, 9.17) is 15.2 Å². The molecule has 1 aliphatic rings. The molecule has 0 bridgehead atoms. The molecule has 1 aliphatic heterocycles. The zero-order valence-electron chi connectivity index (χ0n) is 12.4. The maximum Gasteiger partial charge on any atom is 0.350 e. The first kappa shape index (κ1) is 16.5. The molecule has 1 aromatic carbocycles. The van der Waals surface area contributed by atoms with Gasteiger partial charge in [-0.3, -0.25) is 4.57 Å². The molecule has 126 valence electrons. The number of esters is 1. The SMILES string of the molecule is Nc1nc(=O)n([C@@H]2CO[C@H](COC(=O)c3ccccc3)S2)cc1F. The van der Waals surface area contributed by atoms with Crippen LogP contribution in [-0.2, 0) is 9.47 Å². The average Bonchev–Trinajstić information content (AvgIpc) is 3.05. The van der Waals surface area contributed by atoms with Gasteiger partial charge in [-0.05, 0) is 12.1 Å². The quantitative estimate of drug-likeness (QED) is 0.832. The number of rotatable bonds is 4. The molecule has 0 radical (unpaired) electrons. The normalized spacial score (nSPS) is 20.0. The summed E-state index contributed by atoms with van der Waals surface area (Å²) in [7, 11) is 0. The Hall–Kier alpha value is -2.39. The highest BCUT2D eigenvalue weighted by Gasteiger charge is 2.30. The Labute approximate surface area is 140 Å². The lowest BCUT2D eigenvalue weighted by molar-refractivity contribution is 0.0273. The zero-order valence-corrected chi connectivity index (χ0v) is 13.2. The monoisotopic (exact) mass is 351 g/mol. The van der Waals surface area contributed by atoms with E-state index in [-0.39, 0.29) is 13.2 Å². The predicted octanol–water partition coefficient (Wildman–Crippen LogP) is 1.41. The van der Waals surface area contributed by atoms with Crippen LogP contribution < -0.4 is 11.4 Å². The van der Waals surface area contributed by atoms with Gasteiger partial charge in [-0.1, -0.05) is 30.0 Å². The van der Waals surface area contributed by atoms with Gasteiger partial charge < -0.3 is 15.2 Å². The lowest BCUT2D eigenvalue weighted by Crippen LogP contribution is -2.27. The Kier molecular flexibility index (Phi) is 4.81. The molecule has 7 nitrogen and oxygen atoms in total. The molecule has 2 heterocycles. The van der Waals surface area contributed by atoms with Gasteiger partial charge in [0.2, 0.25) is 0 Å². The molecule has 3 rings (SSSR count). The van der Waals surface area contributed by atoms with E-state index in [0.717, 1.165) is 10.8 Å². The minimum atomic E-state index is -0.769. The van der Waals surface area contributed by atoms with Crippen molar-refractivity contribution >= 4 is 23.5 Å². The lowest BCUT2D eigenvalue weighted by Gasteiger charge is -2.12. The molecule has 1 saturated heterocycles. The molecule has 0 amide bonds. The Balaban J connectivity index is 1.59. The van der Waals surface area contributed by atoms with Gasteiger partial charge >= 0.3 is 11.7 Å². The van der Waals surface area contributed by atoms with Crippen LogP contribution in [0.25, 0.3) is 0 Å². The van der Waals surface area contributed by atoms with Gasteiger partial charge in [0.15, 0.2) is 11.6 Å². The van der Waals surface area contributed by atoms with Gasteiger partial charge in [-0.25, -0.2) is 14.0 Å². The first-order valence-electron chi connectivity index (χ1n) is 7.08. The van der Waals surface area contributed by atoms with Crippen LogP contribution in [0.1, 0.15) is 15.7 Å². The maximum atomic E-state index is 13.5. The number of halogens is 1. The average molecular weight is 351 g/mol. The third-order valence-corrected chi connectivity index (χ3v) is 4.59. The van der Waals surface area contributed by atoms with Crippen LogP contribution in [0.2, 0.25) is 0 Å². The highest BCUT2D eigenvalue weighted by Crippen LogP contribution is 2.35. The molecule has 9 heteroatoms. The predicted molar refractivity (Wildman–Crippen MR) is 86.0 cm³/mol. The molecule has 0 spiro atoms. The van der Waals surface area contributed by atoms with Crippen LogP contribution >= 0.6 is 11.8 Å². The summed E-state index contributed by atoms with van der Waals surface area (Å²) in [5.74, 6) is -1.66. The minimum Gasteiger partial charge on any atom is -0.458 e. The number of anilines is 1. The molecule has 2 atom stereocenters. The fourth-order valence-corrected chi connectivity index (χ4v) is 3.24. The zero-order chi connectivity index (χ0) is 17.1. The fourth-order valence-electron chi connectivity index (χ4n) is 2.14. The van der Waals surface area contributed by atoms with Gasteiger partial charge in [-0.2, -0.15) is 4.98 Å². The molecule has 0 saturated carbocycles. The maximum absolute atomic E-state index is 13.5. The van der Waals surface area contributed by atoms with Crippen molar-refractivity contribution in [3.63, 3.8) is 0 Å². The Morgan fingerprint density at radius 2 is 2.21 bits per heavy atom. The van der Waals surface area contributed by atoms with Crippen LogP contribution in [0.5, 0.6) is 0 Å². The van der Waals surface area contributed by atoms with Crippen molar-refractivity contribution < 1.29 is 18.7 Å². The third-order valence-electron chi connectivity index (χ3n) is 3.34. The van der Waals surface area contributed by atoms with Crippen LogP contribution in [0, 0.1) is 5.82 Å². The molecule has 0 aliphatic carbocycles. The standard InChI is InChI=1S/C15H14FN3O4S/c16-10-6-19(15(21)18-13(10)17)11-7-22-12(24-11)8-23-14(20)9-4-2-1-3-5-9/h1-6,11-12H,7-8H2,(H2,17,18,21)/t11-,12-/m0/s1. The summed E-state index contributed by atoms with van der Waals surface area (Å²) in [5.41, 5.74) is 4.59. The number of benzene rings is 1. The van der Waals surface area contributed by atoms with E-state index in [1.54, 1.807) is 30.3 Å². The van der Waals surface area contributed by atoms with Crippen LogP contribution in [0.4, 0.5) is 10.2 Å². The van der Waals surface area contributed by atoms with E-state index in [9.17, 15) is 14.0 Å². The number of hydrogen-bond acceptors (Lipinski definition) is 7. The first-order valence-corrected chi connectivity index (χ1v) is 8.02. The number of nitrogens with two attached hydrogens (primary N) is 1. The molecule has 24 heavy (non-hydrogen) atoms. The van der Waals surface area contributed by atoms with Crippen LogP contribution in [-0.4, -0.2) is 34.2 Å². The molecular formula is C15H14FN3O4S. The molecule has 2 N–H and O–H groups in total. The lowest BCUT2D eigenvalue weighted by atomic mass is 10.2. The summed E-state index contributed by atoms with van der Waals surface area (Å²) in [6.45, 7) is 0.192. The van der Waals surface area contributed by atoms with Crippen molar-refractivity contribution in [2.75, 3.05) is 18.9 Å². The van der Waals surface area contributed by atoms with E-state index < -0.39 is 34.1 Å². The largest absolute Gasteiger partial charge is 0.458 e. The van der Waals surface area contributed by atoms with E-state index in [1.807, 2.05) is 0 Å². The van der Waals surface area contributed by atoms with Crippen molar-refractivity contribution in [2.45, 2.75) is 10.8 Å². The van der Waals surface area contributed by atoms with Crippen molar-refractivity contribution in [2.24, 2.45) is 0 Å². The van der Waals surface area contributed by atoms with E-state index in [1.165, 1.54) is 11.8 Å². The second-order valence-electron chi connectivity index (χ2n) is 4.98. The highest BCUT2D eigenvalue weighted by molar-refractivity contribution is 8.00. The second-order valence-corrected chi connectivity index (χ2v) is 6.32. The summed E-state index contributed by atoms with van der Waals surface area (Å²) in [4.78, 5) is 27.1. The van der Waals surface area contributed by atoms with Crippen molar-refractivity contribution in [3.8, 4) is 0 Å². The first-order chi connectivity index (χ1) is 11.5. The number of ether oxygens (including phenoxy) is 2. The minimum absolute atomic E-state index is 0.0223.